The molecule has 2 heterocycles. The highest BCUT2D eigenvalue weighted by atomic mass is 16.3. The monoisotopic (exact) mass is 703 g/mol. The molecule has 0 atom stereocenters. The van der Waals surface area contributed by atoms with Crippen LogP contribution in [0.4, 0.5) is 17.1 Å². The van der Waals surface area contributed by atoms with Gasteiger partial charge in [0, 0.05) is 38.5 Å². The van der Waals surface area contributed by atoms with E-state index in [1.165, 1.54) is 21.9 Å². The fourth-order valence-electron chi connectivity index (χ4n) is 8.23. The molecule has 0 spiro atoms. The van der Waals surface area contributed by atoms with Crippen LogP contribution in [0.25, 0.3) is 88.0 Å². The zero-order chi connectivity index (χ0) is 36.3. The summed E-state index contributed by atoms with van der Waals surface area (Å²) in [6.07, 6.45) is 0. The summed E-state index contributed by atoms with van der Waals surface area (Å²) in [4.78, 5) is 2.30. The Balaban J connectivity index is 1.02. The van der Waals surface area contributed by atoms with Gasteiger partial charge in [-0.1, -0.05) is 152 Å². The molecule has 0 unspecified atom stereocenters. The lowest BCUT2D eigenvalue weighted by Gasteiger charge is -2.26. The summed E-state index contributed by atoms with van der Waals surface area (Å²) >= 11 is 0. The van der Waals surface area contributed by atoms with Gasteiger partial charge in [-0.2, -0.15) is 0 Å². The number of para-hydroxylation sites is 3. The third kappa shape index (κ3) is 5.20. The first-order chi connectivity index (χ1) is 27.3. The Morgan fingerprint density at radius 1 is 0.309 bits per heavy atom. The van der Waals surface area contributed by atoms with Crippen molar-refractivity contribution in [1.29, 1.82) is 0 Å². The van der Waals surface area contributed by atoms with Crippen LogP contribution in [-0.4, -0.2) is 0 Å². The van der Waals surface area contributed by atoms with E-state index in [0.717, 1.165) is 83.2 Å². The van der Waals surface area contributed by atoms with E-state index in [4.69, 9.17) is 8.83 Å². The topological polar surface area (TPSA) is 29.5 Å². The van der Waals surface area contributed by atoms with Crippen LogP contribution in [0.15, 0.2) is 209 Å². The summed E-state index contributed by atoms with van der Waals surface area (Å²) in [5.41, 5.74) is 13.5. The van der Waals surface area contributed by atoms with Crippen molar-refractivity contribution in [3.05, 3.63) is 200 Å². The van der Waals surface area contributed by atoms with Gasteiger partial charge in [-0.3, -0.25) is 0 Å². The van der Waals surface area contributed by atoms with E-state index in [0.29, 0.717) is 0 Å². The Morgan fingerprint density at radius 2 is 0.855 bits per heavy atom. The number of nitrogens with zero attached hydrogens (tertiary/aromatic N) is 1. The van der Waals surface area contributed by atoms with E-state index in [1.807, 2.05) is 18.2 Å². The maximum atomic E-state index is 6.60. The lowest BCUT2D eigenvalue weighted by Crippen LogP contribution is -2.10. The van der Waals surface area contributed by atoms with E-state index in [1.54, 1.807) is 0 Å². The summed E-state index contributed by atoms with van der Waals surface area (Å²) in [7, 11) is 0. The van der Waals surface area contributed by atoms with Crippen LogP contribution in [0.2, 0.25) is 0 Å². The molecule has 0 bridgehead atoms. The first-order valence-electron chi connectivity index (χ1n) is 18.7. The Morgan fingerprint density at radius 3 is 1.67 bits per heavy atom. The van der Waals surface area contributed by atoms with Gasteiger partial charge in [0.2, 0.25) is 0 Å². The molecule has 3 nitrogen and oxygen atoms in total. The number of furan rings is 2. The van der Waals surface area contributed by atoms with Gasteiger partial charge in [-0.25, -0.2) is 0 Å². The molecule has 3 heteroatoms. The summed E-state index contributed by atoms with van der Waals surface area (Å²) in [5, 5.41) is 6.91. The van der Waals surface area contributed by atoms with Gasteiger partial charge in [0.1, 0.15) is 16.7 Å². The minimum Gasteiger partial charge on any atom is -0.455 e. The largest absolute Gasteiger partial charge is 0.455 e. The van der Waals surface area contributed by atoms with E-state index in [2.05, 4.69) is 187 Å². The highest BCUT2D eigenvalue weighted by Crippen LogP contribution is 2.44. The van der Waals surface area contributed by atoms with Crippen molar-refractivity contribution in [2.75, 3.05) is 4.90 Å². The molecule has 0 saturated heterocycles. The number of rotatable bonds is 6. The van der Waals surface area contributed by atoms with Gasteiger partial charge >= 0.3 is 0 Å². The van der Waals surface area contributed by atoms with E-state index >= 15 is 0 Å². The molecule has 258 valence electrons. The fourth-order valence-corrected chi connectivity index (χ4v) is 8.23. The number of fused-ring (bicyclic) bond motifs is 7. The van der Waals surface area contributed by atoms with Crippen molar-refractivity contribution in [3.63, 3.8) is 0 Å². The van der Waals surface area contributed by atoms with Crippen LogP contribution in [0, 0.1) is 0 Å². The third-order valence-electron chi connectivity index (χ3n) is 10.9. The predicted molar refractivity (Wildman–Crippen MR) is 229 cm³/mol. The maximum absolute atomic E-state index is 6.60. The first kappa shape index (κ1) is 31.2. The van der Waals surface area contributed by atoms with Crippen LogP contribution >= 0.6 is 0 Å². The SMILES string of the molecule is c1ccc(-c2cccc3c2oc2ccc(-c4ccc(N(c5ccc(-c6cccc7ccccc67)cc5)c5cccc6c5oc5ccccc56)cc4)cc23)cc1. The second-order valence-corrected chi connectivity index (χ2v) is 14.1. The Bertz CT molecular complexity index is 3180. The van der Waals surface area contributed by atoms with Crippen molar-refractivity contribution in [3.8, 4) is 33.4 Å². The van der Waals surface area contributed by atoms with Crippen molar-refractivity contribution in [2.45, 2.75) is 0 Å². The highest BCUT2D eigenvalue weighted by Gasteiger charge is 2.20. The third-order valence-corrected chi connectivity index (χ3v) is 10.9. The van der Waals surface area contributed by atoms with Crippen molar-refractivity contribution < 1.29 is 8.83 Å². The first-order valence-corrected chi connectivity index (χ1v) is 18.7. The molecule has 55 heavy (non-hydrogen) atoms. The molecular formula is C52H33NO2. The fraction of sp³-hybridized carbons (Fsp3) is 0. The zero-order valence-electron chi connectivity index (χ0n) is 29.8. The molecule has 0 saturated carbocycles. The number of benzene rings is 9. The normalized spacial score (nSPS) is 11.6. The van der Waals surface area contributed by atoms with Gasteiger partial charge in [-0.15, -0.1) is 0 Å². The zero-order valence-corrected chi connectivity index (χ0v) is 29.8. The van der Waals surface area contributed by atoms with E-state index < -0.39 is 0 Å². The lowest BCUT2D eigenvalue weighted by atomic mass is 9.98. The maximum Gasteiger partial charge on any atom is 0.159 e. The number of hydrogen-bond donors (Lipinski definition) is 0. The number of anilines is 3. The van der Waals surface area contributed by atoms with Gasteiger partial charge in [0.05, 0.1) is 5.69 Å². The minimum absolute atomic E-state index is 0.859. The molecule has 2 aromatic heterocycles. The summed E-state index contributed by atoms with van der Waals surface area (Å²) in [6.45, 7) is 0. The van der Waals surface area contributed by atoms with Crippen LogP contribution in [-0.2, 0) is 0 Å². The van der Waals surface area contributed by atoms with Gasteiger partial charge < -0.3 is 13.7 Å². The Labute approximate surface area is 317 Å². The van der Waals surface area contributed by atoms with Crippen LogP contribution in [0.1, 0.15) is 0 Å². The minimum atomic E-state index is 0.859. The van der Waals surface area contributed by atoms with Crippen molar-refractivity contribution >= 4 is 71.7 Å². The van der Waals surface area contributed by atoms with Gasteiger partial charge in [-0.05, 0) is 87.1 Å². The summed E-state index contributed by atoms with van der Waals surface area (Å²) in [6, 6.07) is 70.8. The lowest BCUT2D eigenvalue weighted by molar-refractivity contribution is 0.669. The second-order valence-electron chi connectivity index (χ2n) is 14.1. The average molecular weight is 704 g/mol. The van der Waals surface area contributed by atoms with Crippen molar-refractivity contribution in [2.24, 2.45) is 0 Å². The van der Waals surface area contributed by atoms with Crippen LogP contribution in [0.5, 0.6) is 0 Å². The molecule has 0 radical (unpaired) electrons. The Kier molecular flexibility index (Phi) is 7.17. The summed E-state index contributed by atoms with van der Waals surface area (Å²) < 4.78 is 13.1. The van der Waals surface area contributed by atoms with Crippen LogP contribution in [0.3, 0.4) is 0 Å². The van der Waals surface area contributed by atoms with Gasteiger partial charge in [0.25, 0.3) is 0 Å². The standard InChI is InChI=1S/C52H33NO2/c1-2-11-36(12-3-1)43-18-9-19-46-47-33-38(27-32-50(47)54-51(43)46)34-23-28-39(29-24-34)53(48-21-10-20-45-44-16-6-7-22-49(44)55-52(45)48)40-30-25-37(26-31-40)42-17-8-14-35-13-4-5-15-41(35)42/h1-33H. The number of hydrogen-bond acceptors (Lipinski definition) is 3. The molecule has 0 N–H and O–H groups in total. The molecule has 0 fully saturated rings. The van der Waals surface area contributed by atoms with E-state index in [-0.39, 0.29) is 0 Å². The molecule has 0 aliphatic carbocycles. The van der Waals surface area contributed by atoms with Crippen molar-refractivity contribution in [1.82, 2.24) is 0 Å². The molecule has 0 aliphatic heterocycles. The highest BCUT2D eigenvalue weighted by molar-refractivity contribution is 6.12. The molecule has 9 aromatic carbocycles. The average Bonchev–Trinajstić information content (AvgIpc) is 3.83. The van der Waals surface area contributed by atoms with Gasteiger partial charge in [0.15, 0.2) is 5.58 Å². The van der Waals surface area contributed by atoms with E-state index in [9.17, 15) is 0 Å². The van der Waals surface area contributed by atoms with Crippen LogP contribution < -0.4 is 4.90 Å². The summed E-state index contributed by atoms with van der Waals surface area (Å²) in [5.74, 6) is 0. The molecule has 11 aromatic rings. The Hall–Kier alpha value is -7.36. The quantitative estimate of drug-likeness (QED) is 0.173. The molecule has 11 rings (SSSR count). The smallest absolute Gasteiger partial charge is 0.159 e. The predicted octanol–water partition coefficient (Wildman–Crippen LogP) is 15.1. The second kappa shape index (κ2) is 12.6. The molecule has 0 amide bonds. The molecular weight excluding hydrogens is 671 g/mol. The molecule has 0 aliphatic rings.